The second kappa shape index (κ2) is 8.85. The molecule has 0 unspecified atom stereocenters. The van der Waals surface area contributed by atoms with Crippen LogP contribution in [0.15, 0.2) is 28.7 Å². The number of benzene rings is 1. The number of carbonyl (C=O) groups is 2. The molecule has 2 fully saturated rings. The van der Waals surface area contributed by atoms with E-state index in [0.29, 0.717) is 45.4 Å². The fourth-order valence-corrected chi connectivity index (χ4v) is 4.63. The van der Waals surface area contributed by atoms with Crippen molar-refractivity contribution in [3.8, 4) is 0 Å². The van der Waals surface area contributed by atoms with Crippen LogP contribution < -0.4 is 0 Å². The lowest BCUT2D eigenvalue weighted by Crippen LogP contribution is -2.57. The van der Waals surface area contributed by atoms with Gasteiger partial charge in [0.15, 0.2) is 0 Å². The van der Waals surface area contributed by atoms with Crippen molar-refractivity contribution in [3.05, 3.63) is 34.3 Å². The SMILES string of the molecule is CC(C)(C)OC(=O)N1CCOC2(CCC(OCC(=O)O)(c3cccc(Br)c3)CC2)C1. The van der Waals surface area contributed by atoms with Gasteiger partial charge in [0, 0.05) is 11.0 Å². The van der Waals surface area contributed by atoms with Crippen LogP contribution >= 0.6 is 15.9 Å². The Kier molecular flexibility index (Phi) is 6.79. The Bertz CT molecular complexity index is 782. The van der Waals surface area contributed by atoms with E-state index < -0.39 is 22.8 Å². The topological polar surface area (TPSA) is 85.3 Å². The van der Waals surface area contributed by atoms with Gasteiger partial charge in [0.2, 0.25) is 0 Å². The summed E-state index contributed by atoms with van der Waals surface area (Å²) < 4.78 is 18.6. The number of nitrogens with zero attached hydrogens (tertiary/aromatic N) is 1. The number of halogens is 1. The summed E-state index contributed by atoms with van der Waals surface area (Å²) in [4.78, 5) is 25.5. The molecule has 1 aliphatic carbocycles. The predicted octanol–water partition coefficient (Wildman–Crippen LogP) is 4.33. The molecular weight excluding hydrogens is 454 g/mol. The van der Waals surface area contributed by atoms with E-state index in [1.54, 1.807) is 4.90 Å². The molecule has 3 rings (SSSR count). The molecule has 1 saturated heterocycles. The van der Waals surface area contributed by atoms with Crippen molar-refractivity contribution in [2.75, 3.05) is 26.3 Å². The summed E-state index contributed by atoms with van der Waals surface area (Å²) in [6.07, 6.45) is 2.23. The molecule has 30 heavy (non-hydrogen) atoms. The third kappa shape index (κ3) is 5.53. The Morgan fingerprint density at radius 1 is 1.23 bits per heavy atom. The summed E-state index contributed by atoms with van der Waals surface area (Å²) >= 11 is 3.50. The second-order valence-electron chi connectivity index (χ2n) is 9.12. The number of aliphatic carboxylic acids is 1. The Balaban J connectivity index is 1.75. The van der Waals surface area contributed by atoms with Gasteiger partial charge in [-0.1, -0.05) is 28.1 Å². The monoisotopic (exact) mass is 483 g/mol. The molecular formula is C22H30BrNO6. The zero-order valence-electron chi connectivity index (χ0n) is 17.8. The minimum absolute atomic E-state index is 0.323. The van der Waals surface area contributed by atoms with Crippen molar-refractivity contribution >= 4 is 28.0 Å². The van der Waals surface area contributed by atoms with Crippen LogP contribution in [0.2, 0.25) is 0 Å². The molecule has 166 valence electrons. The van der Waals surface area contributed by atoms with Gasteiger partial charge in [-0.15, -0.1) is 0 Å². The maximum atomic E-state index is 12.6. The highest BCUT2D eigenvalue weighted by atomic mass is 79.9. The van der Waals surface area contributed by atoms with Crippen molar-refractivity contribution in [1.82, 2.24) is 4.90 Å². The number of ether oxygens (including phenoxy) is 3. The molecule has 7 nitrogen and oxygen atoms in total. The Hall–Kier alpha value is -1.64. The van der Waals surface area contributed by atoms with Gasteiger partial charge in [-0.3, -0.25) is 0 Å². The van der Waals surface area contributed by atoms with Crippen LogP contribution in [0.3, 0.4) is 0 Å². The smallest absolute Gasteiger partial charge is 0.410 e. The van der Waals surface area contributed by atoms with Gasteiger partial charge in [0.1, 0.15) is 12.2 Å². The molecule has 1 aliphatic heterocycles. The number of hydrogen-bond acceptors (Lipinski definition) is 5. The molecule has 1 aromatic rings. The largest absolute Gasteiger partial charge is 0.480 e. The lowest BCUT2D eigenvalue weighted by molar-refractivity contribution is -0.177. The maximum absolute atomic E-state index is 12.6. The van der Waals surface area contributed by atoms with Crippen LogP contribution in [0.4, 0.5) is 4.79 Å². The van der Waals surface area contributed by atoms with Gasteiger partial charge in [0.05, 0.1) is 24.4 Å². The number of hydrogen-bond donors (Lipinski definition) is 1. The highest BCUT2D eigenvalue weighted by molar-refractivity contribution is 9.10. The third-order valence-electron chi connectivity index (χ3n) is 5.69. The fraction of sp³-hybridized carbons (Fsp3) is 0.636. The van der Waals surface area contributed by atoms with E-state index in [9.17, 15) is 14.7 Å². The highest BCUT2D eigenvalue weighted by Crippen LogP contribution is 2.47. The molecule has 8 heteroatoms. The van der Waals surface area contributed by atoms with E-state index >= 15 is 0 Å². The molecule has 2 aliphatic rings. The van der Waals surface area contributed by atoms with E-state index in [2.05, 4.69) is 15.9 Å². The van der Waals surface area contributed by atoms with E-state index in [4.69, 9.17) is 14.2 Å². The second-order valence-corrected chi connectivity index (χ2v) is 10.0. The summed E-state index contributed by atoms with van der Waals surface area (Å²) in [5.41, 5.74) is -0.745. The molecule has 1 aromatic carbocycles. The first-order valence-corrected chi connectivity index (χ1v) is 11.1. The summed E-state index contributed by atoms with van der Waals surface area (Å²) in [6, 6.07) is 7.81. The molecule has 0 atom stereocenters. The lowest BCUT2D eigenvalue weighted by Gasteiger charge is -2.49. The quantitative estimate of drug-likeness (QED) is 0.685. The van der Waals surface area contributed by atoms with Crippen LogP contribution in [-0.2, 0) is 24.6 Å². The summed E-state index contributed by atoms with van der Waals surface area (Å²) in [6.45, 7) is 6.64. The van der Waals surface area contributed by atoms with Gasteiger partial charge >= 0.3 is 12.1 Å². The van der Waals surface area contributed by atoms with Gasteiger partial charge in [0.25, 0.3) is 0 Å². The summed E-state index contributed by atoms with van der Waals surface area (Å²) in [7, 11) is 0. The van der Waals surface area contributed by atoms with E-state index in [1.807, 2.05) is 45.0 Å². The first-order valence-electron chi connectivity index (χ1n) is 10.3. The normalized spacial score (nSPS) is 27.1. The van der Waals surface area contributed by atoms with Gasteiger partial charge in [-0.05, 0) is 64.2 Å². The molecule has 0 radical (unpaired) electrons. The molecule has 1 heterocycles. The van der Waals surface area contributed by atoms with Gasteiger partial charge < -0.3 is 24.2 Å². The molecule has 0 aromatic heterocycles. The van der Waals surface area contributed by atoms with Crippen molar-refractivity contribution in [2.24, 2.45) is 0 Å². The first-order chi connectivity index (χ1) is 14.0. The van der Waals surface area contributed by atoms with Gasteiger partial charge in [-0.2, -0.15) is 0 Å². The summed E-state index contributed by atoms with van der Waals surface area (Å²) in [5, 5.41) is 9.17. The van der Waals surface area contributed by atoms with Crippen LogP contribution in [0, 0.1) is 0 Å². The lowest BCUT2D eigenvalue weighted by atomic mass is 9.72. The highest BCUT2D eigenvalue weighted by Gasteiger charge is 2.48. The first kappa shape index (κ1) is 23.0. The molecule has 1 amide bonds. The van der Waals surface area contributed by atoms with E-state index in [0.717, 1.165) is 10.0 Å². The number of rotatable bonds is 4. The van der Waals surface area contributed by atoms with Crippen molar-refractivity contribution in [3.63, 3.8) is 0 Å². The van der Waals surface area contributed by atoms with Crippen molar-refractivity contribution in [1.29, 1.82) is 0 Å². The Morgan fingerprint density at radius 2 is 1.93 bits per heavy atom. The summed E-state index contributed by atoms with van der Waals surface area (Å²) in [5.74, 6) is -0.991. The third-order valence-corrected chi connectivity index (χ3v) is 6.18. The number of amides is 1. The molecule has 1 spiro atoms. The van der Waals surface area contributed by atoms with Crippen LogP contribution in [0.1, 0.15) is 52.0 Å². The van der Waals surface area contributed by atoms with Crippen LogP contribution in [-0.4, -0.2) is 59.6 Å². The average molecular weight is 484 g/mol. The number of carboxylic acids is 1. The van der Waals surface area contributed by atoms with Crippen molar-refractivity contribution < 1.29 is 28.9 Å². The zero-order chi connectivity index (χ0) is 22.0. The zero-order valence-corrected chi connectivity index (χ0v) is 19.4. The minimum atomic E-state index is -0.991. The van der Waals surface area contributed by atoms with Crippen molar-refractivity contribution in [2.45, 2.75) is 63.3 Å². The standard InChI is InChI=1S/C22H30BrNO6/c1-20(2,3)30-19(27)24-11-12-28-21(15-24)7-9-22(10-8-21,29-14-18(25)26)16-5-4-6-17(23)13-16/h4-6,13H,7-12,14-15H2,1-3H3,(H,25,26). The Morgan fingerprint density at radius 3 is 2.53 bits per heavy atom. The molecule has 1 N–H and O–H groups in total. The fourth-order valence-electron chi connectivity index (χ4n) is 4.23. The van der Waals surface area contributed by atoms with Crippen LogP contribution in [0.25, 0.3) is 0 Å². The number of carbonyl (C=O) groups excluding carboxylic acids is 1. The van der Waals surface area contributed by atoms with Crippen LogP contribution in [0.5, 0.6) is 0 Å². The minimum Gasteiger partial charge on any atom is -0.480 e. The maximum Gasteiger partial charge on any atom is 0.410 e. The number of carboxylic acid groups (broad SMARTS) is 1. The van der Waals surface area contributed by atoms with E-state index in [1.165, 1.54) is 0 Å². The number of morpholine rings is 1. The van der Waals surface area contributed by atoms with Gasteiger partial charge in [-0.25, -0.2) is 9.59 Å². The van der Waals surface area contributed by atoms with E-state index in [-0.39, 0.29) is 12.7 Å². The molecule has 1 saturated carbocycles. The Labute approximate surface area is 185 Å². The molecule has 0 bridgehead atoms. The predicted molar refractivity (Wildman–Crippen MR) is 114 cm³/mol. The average Bonchev–Trinajstić information content (AvgIpc) is 2.67.